The summed E-state index contributed by atoms with van der Waals surface area (Å²) in [5, 5.41) is 0. The molecule has 1 aliphatic rings. The highest BCUT2D eigenvalue weighted by Crippen LogP contribution is 2.20. The van der Waals surface area contributed by atoms with Gasteiger partial charge in [0.25, 0.3) is 5.56 Å². The highest BCUT2D eigenvalue weighted by molar-refractivity contribution is 7.91. The van der Waals surface area contributed by atoms with Crippen molar-refractivity contribution in [1.82, 2.24) is 9.55 Å². The monoisotopic (exact) mass is 300 g/mol. The minimum Gasteiger partial charge on any atom is -0.346 e. The standard InChI is InChI=1S/C12H16N2O5S/c1-3-20(17,18)7-9-4-5-10(19-9)14-6-8(2)11(15)13-12(14)16/h4-6,9-10H,3,7H2,1-2H3,(H,13,15,16)/t9-,10+/m0/s1. The minimum atomic E-state index is -3.15. The van der Waals surface area contributed by atoms with Gasteiger partial charge in [-0.15, -0.1) is 0 Å². The van der Waals surface area contributed by atoms with E-state index in [4.69, 9.17) is 4.74 Å². The molecule has 7 nitrogen and oxygen atoms in total. The molecule has 2 atom stereocenters. The Morgan fingerprint density at radius 3 is 2.70 bits per heavy atom. The van der Waals surface area contributed by atoms with Crippen molar-refractivity contribution in [2.24, 2.45) is 0 Å². The first-order chi connectivity index (χ1) is 9.32. The van der Waals surface area contributed by atoms with Gasteiger partial charge in [-0.1, -0.05) is 13.0 Å². The topological polar surface area (TPSA) is 98.2 Å². The minimum absolute atomic E-state index is 0.0447. The predicted molar refractivity (Wildman–Crippen MR) is 73.4 cm³/mol. The number of ether oxygens (including phenoxy) is 1. The Morgan fingerprint density at radius 2 is 2.05 bits per heavy atom. The molecule has 0 amide bonds. The maximum atomic E-state index is 11.7. The number of nitrogens with zero attached hydrogens (tertiary/aromatic N) is 1. The van der Waals surface area contributed by atoms with Crippen LogP contribution in [-0.4, -0.2) is 35.6 Å². The number of aromatic nitrogens is 2. The third-order valence-electron chi connectivity index (χ3n) is 3.08. The molecule has 0 spiro atoms. The first-order valence-corrected chi connectivity index (χ1v) is 8.01. The molecule has 1 aromatic rings. The Hall–Kier alpha value is -1.67. The zero-order valence-corrected chi connectivity index (χ0v) is 12.0. The third kappa shape index (κ3) is 3.07. The second-order valence-corrected chi connectivity index (χ2v) is 7.03. The summed E-state index contributed by atoms with van der Waals surface area (Å²) >= 11 is 0. The van der Waals surface area contributed by atoms with Gasteiger partial charge in [0.1, 0.15) is 0 Å². The lowest BCUT2D eigenvalue weighted by molar-refractivity contribution is 0.0258. The van der Waals surface area contributed by atoms with Crippen molar-refractivity contribution in [1.29, 1.82) is 0 Å². The Morgan fingerprint density at radius 1 is 1.35 bits per heavy atom. The largest absolute Gasteiger partial charge is 0.346 e. The van der Waals surface area contributed by atoms with Gasteiger partial charge < -0.3 is 4.74 Å². The molecule has 0 bridgehead atoms. The van der Waals surface area contributed by atoms with Crippen molar-refractivity contribution >= 4 is 9.84 Å². The van der Waals surface area contributed by atoms with Crippen LogP contribution >= 0.6 is 0 Å². The summed E-state index contributed by atoms with van der Waals surface area (Å²) in [7, 11) is -3.15. The Balaban J connectivity index is 2.19. The van der Waals surface area contributed by atoms with Crippen LogP contribution in [0.3, 0.4) is 0 Å². The zero-order chi connectivity index (χ0) is 14.9. The summed E-state index contributed by atoms with van der Waals surface area (Å²) in [4.78, 5) is 25.2. The molecule has 0 fully saturated rings. The summed E-state index contributed by atoms with van der Waals surface area (Å²) in [6.45, 7) is 3.15. The van der Waals surface area contributed by atoms with E-state index >= 15 is 0 Å². The van der Waals surface area contributed by atoms with E-state index in [1.165, 1.54) is 10.8 Å². The van der Waals surface area contributed by atoms with Crippen molar-refractivity contribution in [2.75, 3.05) is 11.5 Å². The summed E-state index contributed by atoms with van der Waals surface area (Å²) in [6, 6.07) is 0. The molecular weight excluding hydrogens is 284 g/mol. The lowest BCUT2D eigenvalue weighted by Crippen LogP contribution is -2.34. The molecule has 0 aliphatic carbocycles. The van der Waals surface area contributed by atoms with Crippen LogP contribution in [0.5, 0.6) is 0 Å². The van der Waals surface area contributed by atoms with Crippen molar-refractivity contribution in [2.45, 2.75) is 26.2 Å². The second-order valence-electron chi connectivity index (χ2n) is 4.63. The fourth-order valence-corrected chi connectivity index (χ4v) is 2.81. The molecule has 0 saturated heterocycles. The van der Waals surface area contributed by atoms with Gasteiger partial charge in [0.2, 0.25) is 0 Å². The van der Waals surface area contributed by atoms with Crippen LogP contribution in [0.1, 0.15) is 18.7 Å². The SMILES string of the molecule is CCS(=O)(=O)C[C@@H]1C=C[C@H](n2cc(C)c(=O)[nH]c2=O)O1. The van der Waals surface area contributed by atoms with E-state index < -0.39 is 33.4 Å². The number of hydrogen-bond acceptors (Lipinski definition) is 5. The van der Waals surface area contributed by atoms with E-state index in [9.17, 15) is 18.0 Å². The van der Waals surface area contributed by atoms with Gasteiger partial charge in [0.05, 0.1) is 11.9 Å². The van der Waals surface area contributed by atoms with Gasteiger partial charge in [0, 0.05) is 17.5 Å². The van der Waals surface area contributed by atoms with Gasteiger partial charge in [-0.2, -0.15) is 0 Å². The lowest BCUT2D eigenvalue weighted by atomic mass is 10.3. The zero-order valence-electron chi connectivity index (χ0n) is 11.2. The number of rotatable bonds is 4. The summed E-state index contributed by atoms with van der Waals surface area (Å²) in [5.41, 5.74) is -0.654. The van der Waals surface area contributed by atoms with Gasteiger partial charge in [-0.05, 0) is 13.0 Å². The predicted octanol–water partition coefficient (Wildman–Crippen LogP) is -0.267. The van der Waals surface area contributed by atoms with E-state index in [0.717, 1.165) is 0 Å². The Kier molecular flexibility index (Phi) is 3.96. The molecule has 20 heavy (non-hydrogen) atoms. The van der Waals surface area contributed by atoms with Crippen LogP contribution in [0.4, 0.5) is 0 Å². The highest BCUT2D eigenvalue weighted by Gasteiger charge is 2.25. The van der Waals surface area contributed by atoms with Crippen LogP contribution in [0.15, 0.2) is 27.9 Å². The molecule has 0 radical (unpaired) electrons. The van der Waals surface area contributed by atoms with Gasteiger partial charge in [0.15, 0.2) is 16.1 Å². The Bertz CT molecular complexity index is 744. The number of H-pyrrole nitrogens is 1. The average Bonchev–Trinajstić information content (AvgIpc) is 2.81. The smallest absolute Gasteiger partial charge is 0.330 e. The molecule has 2 rings (SSSR count). The van der Waals surface area contributed by atoms with Crippen LogP contribution in [0, 0.1) is 6.92 Å². The van der Waals surface area contributed by atoms with Gasteiger partial charge in [-0.3, -0.25) is 14.3 Å². The molecule has 1 aromatic heterocycles. The van der Waals surface area contributed by atoms with E-state index in [2.05, 4.69) is 4.98 Å². The number of aryl methyl sites for hydroxylation is 1. The van der Waals surface area contributed by atoms with Crippen molar-refractivity contribution < 1.29 is 13.2 Å². The summed E-state index contributed by atoms with van der Waals surface area (Å²) < 4.78 is 29.8. The molecule has 0 aromatic carbocycles. The first-order valence-electron chi connectivity index (χ1n) is 6.18. The van der Waals surface area contributed by atoms with Gasteiger partial charge >= 0.3 is 5.69 Å². The van der Waals surface area contributed by atoms with Crippen LogP contribution < -0.4 is 11.2 Å². The third-order valence-corrected chi connectivity index (χ3v) is 4.80. The summed E-state index contributed by atoms with van der Waals surface area (Å²) in [5.74, 6) is -0.0728. The molecule has 0 unspecified atom stereocenters. The maximum absolute atomic E-state index is 11.7. The quantitative estimate of drug-likeness (QED) is 0.772. The van der Waals surface area contributed by atoms with Crippen LogP contribution in [-0.2, 0) is 14.6 Å². The van der Waals surface area contributed by atoms with E-state index in [1.807, 2.05) is 0 Å². The molecule has 8 heteroatoms. The molecule has 2 heterocycles. The number of aromatic amines is 1. The Labute approximate surface area is 115 Å². The molecule has 110 valence electrons. The summed E-state index contributed by atoms with van der Waals surface area (Å²) in [6.07, 6.45) is 3.34. The molecule has 1 aliphatic heterocycles. The number of hydrogen-bond donors (Lipinski definition) is 1. The molecule has 1 N–H and O–H groups in total. The maximum Gasteiger partial charge on any atom is 0.330 e. The lowest BCUT2D eigenvalue weighted by Gasteiger charge is -2.16. The molecular formula is C12H16N2O5S. The van der Waals surface area contributed by atoms with E-state index in [-0.39, 0.29) is 11.5 Å². The van der Waals surface area contributed by atoms with E-state index in [0.29, 0.717) is 5.56 Å². The van der Waals surface area contributed by atoms with Crippen LogP contribution in [0.2, 0.25) is 0 Å². The highest BCUT2D eigenvalue weighted by atomic mass is 32.2. The first kappa shape index (κ1) is 14.7. The fourth-order valence-electron chi connectivity index (χ4n) is 1.89. The normalized spacial score (nSPS) is 22.3. The average molecular weight is 300 g/mol. The van der Waals surface area contributed by atoms with E-state index in [1.54, 1.807) is 26.0 Å². The van der Waals surface area contributed by atoms with Crippen molar-refractivity contribution in [3.8, 4) is 0 Å². The second kappa shape index (κ2) is 5.37. The molecule has 0 saturated carbocycles. The van der Waals surface area contributed by atoms with Crippen LogP contribution in [0.25, 0.3) is 0 Å². The fraction of sp³-hybridized carbons (Fsp3) is 0.500. The van der Waals surface area contributed by atoms with Crippen molar-refractivity contribution in [3.63, 3.8) is 0 Å². The van der Waals surface area contributed by atoms with Crippen molar-refractivity contribution in [3.05, 3.63) is 44.8 Å². The number of nitrogens with one attached hydrogen (secondary N) is 1. The number of sulfone groups is 1. The van der Waals surface area contributed by atoms with Gasteiger partial charge in [-0.25, -0.2) is 13.2 Å².